The maximum absolute atomic E-state index is 12.5. The van der Waals surface area contributed by atoms with Gasteiger partial charge in [-0.2, -0.15) is 18.3 Å². The first-order chi connectivity index (χ1) is 17.5. The molecular weight excluding hydrogens is 509 g/mol. The van der Waals surface area contributed by atoms with Gasteiger partial charge in [-0.3, -0.25) is 9.59 Å². The van der Waals surface area contributed by atoms with Gasteiger partial charge in [-0.05, 0) is 42.3 Å². The third-order valence-electron chi connectivity index (χ3n) is 5.40. The Balaban J connectivity index is 0.000000468. The Kier molecular flexibility index (Phi) is 8.99. The van der Waals surface area contributed by atoms with E-state index in [0.29, 0.717) is 11.4 Å². The van der Waals surface area contributed by atoms with E-state index in [0.717, 1.165) is 15.9 Å². The molecule has 2 heterocycles. The summed E-state index contributed by atoms with van der Waals surface area (Å²) in [7, 11) is 1.65. The molecule has 4 aromatic rings. The Hall–Kier alpha value is -3.79. The number of aryl methyl sites for hydroxylation is 1. The van der Waals surface area contributed by atoms with Gasteiger partial charge in [0.05, 0.1) is 23.4 Å². The first-order valence-electron chi connectivity index (χ1n) is 11.3. The van der Waals surface area contributed by atoms with Crippen LogP contribution in [-0.4, -0.2) is 39.1 Å². The molecule has 1 unspecified atom stereocenters. The van der Waals surface area contributed by atoms with Crippen LogP contribution in [0.2, 0.25) is 5.02 Å². The van der Waals surface area contributed by atoms with Gasteiger partial charge in [-0.15, -0.1) is 0 Å². The number of carbonyl (C=O) groups excluding carboxylic acids is 1. The molecule has 11 heteroatoms. The lowest BCUT2D eigenvalue weighted by Crippen LogP contribution is -2.48. The van der Waals surface area contributed by atoms with E-state index in [2.05, 4.69) is 5.10 Å². The first-order valence-corrected chi connectivity index (χ1v) is 11.7. The summed E-state index contributed by atoms with van der Waals surface area (Å²) in [4.78, 5) is 22.8. The second-order valence-electron chi connectivity index (χ2n) is 8.54. The number of halogens is 4. The second-order valence-corrected chi connectivity index (χ2v) is 8.98. The van der Waals surface area contributed by atoms with E-state index in [4.69, 9.17) is 16.3 Å². The Morgan fingerprint density at radius 3 is 2.38 bits per heavy atom. The molecule has 1 atom stereocenters. The largest absolute Gasteiger partial charge is 0.491 e. The van der Waals surface area contributed by atoms with Crippen molar-refractivity contribution in [3.05, 3.63) is 88.4 Å². The highest BCUT2D eigenvalue weighted by molar-refractivity contribution is 6.30. The Morgan fingerprint density at radius 1 is 1.11 bits per heavy atom. The Morgan fingerprint density at radius 2 is 1.81 bits per heavy atom. The quantitative estimate of drug-likeness (QED) is 0.371. The molecule has 0 bridgehead atoms. The van der Waals surface area contributed by atoms with E-state index in [-0.39, 0.29) is 18.1 Å². The van der Waals surface area contributed by atoms with Crippen molar-refractivity contribution >= 4 is 28.4 Å². The molecule has 2 aromatic heterocycles. The number of benzene rings is 2. The predicted octanol–water partition coefficient (Wildman–Crippen LogP) is 5.15. The van der Waals surface area contributed by atoms with Crippen LogP contribution in [0.3, 0.4) is 0 Å². The van der Waals surface area contributed by atoms with Gasteiger partial charge in [0.15, 0.2) is 0 Å². The number of alkyl halides is 3. The average Bonchev–Trinajstić information content (AvgIpc) is 3.26. The van der Waals surface area contributed by atoms with Crippen molar-refractivity contribution in [1.82, 2.24) is 19.7 Å². The van der Waals surface area contributed by atoms with Crippen molar-refractivity contribution in [3.63, 3.8) is 0 Å². The summed E-state index contributed by atoms with van der Waals surface area (Å²) < 4.78 is 46.3. The maximum atomic E-state index is 12.5. The van der Waals surface area contributed by atoms with E-state index in [1.54, 1.807) is 62.2 Å². The fraction of sp³-hybridized carbons (Fsp3) is 0.269. The van der Waals surface area contributed by atoms with Crippen LogP contribution in [0.25, 0.3) is 16.6 Å². The van der Waals surface area contributed by atoms with Crippen LogP contribution in [0.5, 0.6) is 5.75 Å². The standard InChI is InChI=1S/C20H21F3N4O3.C6H5Cl/c1-12(2)16(25-19(29)20(21,22)23)11-30-15-5-6-17-13(8-15)9-24-27(17)14-4-7-18(28)26(3)10-14;7-6-4-2-1-3-5-6/h4-10,12,16H,11H2,1-3H3,(H,25,29);1-5H. The van der Waals surface area contributed by atoms with Crippen molar-refractivity contribution in [3.8, 4) is 11.4 Å². The van der Waals surface area contributed by atoms with Gasteiger partial charge in [0.25, 0.3) is 0 Å². The number of aromatic nitrogens is 3. The molecule has 1 amide bonds. The van der Waals surface area contributed by atoms with Crippen LogP contribution < -0.4 is 15.6 Å². The number of pyridine rings is 1. The third-order valence-corrected chi connectivity index (χ3v) is 5.65. The molecule has 1 N–H and O–H groups in total. The molecule has 37 heavy (non-hydrogen) atoms. The minimum Gasteiger partial charge on any atom is -0.491 e. The molecule has 7 nitrogen and oxygen atoms in total. The zero-order valence-electron chi connectivity index (χ0n) is 20.4. The third kappa shape index (κ3) is 7.60. The molecule has 196 valence electrons. The number of hydrogen-bond donors (Lipinski definition) is 1. The normalized spacial score (nSPS) is 12.1. The van der Waals surface area contributed by atoms with Crippen LogP contribution in [0.15, 0.2) is 77.9 Å². The van der Waals surface area contributed by atoms with E-state index < -0.39 is 18.1 Å². The zero-order valence-corrected chi connectivity index (χ0v) is 21.1. The summed E-state index contributed by atoms with van der Waals surface area (Å²) in [5.41, 5.74) is 1.34. The van der Waals surface area contributed by atoms with Crippen LogP contribution in [0.1, 0.15) is 13.8 Å². The van der Waals surface area contributed by atoms with Gasteiger partial charge >= 0.3 is 12.1 Å². The molecule has 0 spiro atoms. The van der Waals surface area contributed by atoms with Crippen LogP contribution in [-0.2, 0) is 11.8 Å². The molecule has 0 fully saturated rings. The topological polar surface area (TPSA) is 78.2 Å². The summed E-state index contributed by atoms with van der Waals surface area (Å²) in [6, 6.07) is 16.9. The number of rotatable bonds is 6. The van der Waals surface area contributed by atoms with Crippen LogP contribution in [0.4, 0.5) is 13.2 Å². The van der Waals surface area contributed by atoms with Crippen molar-refractivity contribution in [1.29, 1.82) is 0 Å². The minimum absolute atomic E-state index is 0.111. The van der Waals surface area contributed by atoms with Gasteiger partial charge in [0.1, 0.15) is 12.4 Å². The number of nitrogens with zero attached hydrogens (tertiary/aromatic N) is 3. The molecule has 0 saturated carbocycles. The number of hydrogen-bond acceptors (Lipinski definition) is 4. The summed E-state index contributed by atoms with van der Waals surface area (Å²) >= 11 is 5.54. The molecule has 4 rings (SSSR count). The Bertz CT molecular complexity index is 1400. The number of carbonyl (C=O) groups is 1. The van der Waals surface area contributed by atoms with Gasteiger partial charge in [-0.25, -0.2) is 4.68 Å². The molecule has 0 aliphatic rings. The molecule has 0 aliphatic heterocycles. The number of amides is 1. The van der Waals surface area contributed by atoms with E-state index >= 15 is 0 Å². The molecule has 0 radical (unpaired) electrons. The lowest BCUT2D eigenvalue weighted by atomic mass is 10.1. The number of nitrogens with one attached hydrogen (secondary N) is 1. The molecule has 0 aliphatic carbocycles. The summed E-state index contributed by atoms with van der Waals surface area (Å²) in [6.45, 7) is 3.29. The maximum Gasteiger partial charge on any atom is 0.471 e. The van der Waals surface area contributed by atoms with E-state index in [1.165, 1.54) is 10.6 Å². The van der Waals surface area contributed by atoms with Crippen LogP contribution in [0, 0.1) is 5.92 Å². The molecule has 2 aromatic carbocycles. The minimum atomic E-state index is -4.94. The SMILES string of the molecule is CC(C)C(COc1ccc2c(cnn2-c2ccc(=O)n(C)c2)c1)NC(=O)C(F)(F)F.Clc1ccccc1. The smallest absolute Gasteiger partial charge is 0.471 e. The van der Waals surface area contributed by atoms with Crippen molar-refractivity contribution in [2.75, 3.05) is 6.61 Å². The average molecular weight is 535 g/mol. The molecular formula is C26H26ClF3N4O3. The highest BCUT2D eigenvalue weighted by atomic mass is 35.5. The fourth-order valence-electron chi connectivity index (χ4n) is 3.26. The van der Waals surface area contributed by atoms with Crippen molar-refractivity contribution < 1.29 is 22.7 Å². The van der Waals surface area contributed by atoms with Gasteiger partial charge in [-0.1, -0.05) is 43.6 Å². The Labute approximate surface area is 216 Å². The lowest BCUT2D eigenvalue weighted by molar-refractivity contribution is -0.174. The second kappa shape index (κ2) is 12.0. The molecule has 0 saturated heterocycles. The van der Waals surface area contributed by atoms with Crippen molar-refractivity contribution in [2.24, 2.45) is 13.0 Å². The predicted molar refractivity (Wildman–Crippen MR) is 136 cm³/mol. The number of fused-ring (bicyclic) bond motifs is 1. The lowest BCUT2D eigenvalue weighted by Gasteiger charge is -2.23. The first kappa shape index (κ1) is 27.8. The summed E-state index contributed by atoms with van der Waals surface area (Å²) in [5.74, 6) is -1.80. The fourth-order valence-corrected chi connectivity index (χ4v) is 3.41. The van der Waals surface area contributed by atoms with E-state index in [1.807, 2.05) is 35.6 Å². The van der Waals surface area contributed by atoms with Gasteiger partial charge in [0, 0.05) is 29.7 Å². The van der Waals surface area contributed by atoms with Gasteiger partial charge < -0.3 is 14.6 Å². The summed E-state index contributed by atoms with van der Waals surface area (Å²) in [5, 5.41) is 7.84. The highest BCUT2D eigenvalue weighted by Crippen LogP contribution is 2.23. The van der Waals surface area contributed by atoms with E-state index in [9.17, 15) is 22.8 Å². The number of ether oxygens (including phenoxy) is 1. The van der Waals surface area contributed by atoms with Gasteiger partial charge in [0.2, 0.25) is 5.56 Å². The van der Waals surface area contributed by atoms with Crippen molar-refractivity contribution in [2.45, 2.75) is 26.1 Å². The zero-order chi connectivity index (χ0) is 27.2. The monoisotopic (exact) mass is 534 g/mol. The van der Waals surface area contributed by atoms with Crippen LogP contribution >= 0.6 is 11.6 Å². The highest BCUT2D eigenvalue weighted by Gasteiger charge is 2.40. The summed E-state index contributed by atoms with van der Waals surface area (Å²) in [6.07, 6.45) is -1.66.